The van der Waals surface area contributed by atoms with Crippen LogP contribution in [0, 0.1) is 0 Å². The molecular weight excluding hydrogens is 422 g/mol. The van der Waals surface area contributed by atoms with Crippen LogP contribution < -0.4 is 15.4 Å². The average molecular weight is 438 g/mol. The molecule has 0 radical (unpaired) electrons. The lowest BCUT2D eigenvalue weighted by atomic mass is 9.99. The fraction of sp³-hybridized carbons (Fsp3) is 0.176. The summed E-state index contributed by atoms with van der Waals surface area (Å²) in [5.74, 6) is -0.755. The molecule has 0 aromatic heterocycles. The molecule has 1 aliphatic heterocycles. The number of carbonyl (C=O) groups is 2. The van der Waals surface area contributed by atoms with Crippen molar-refractivity contribution in [2.75, 3.05) is 10.2 Å². The number of sulfonamides is 1. The predicted octanol–water partition coefficient (Wildman–Crippen LogP) is 2.14. The number of fused-ring (bicyclic) bond motifs is 1. The van der Waals surface area contributed by atoms with Crippen LogP contribution in [-0.2, 0) is 19.6 Å². The van der Waals surface area contributed by atoms with Crippen molar-refractivity contribution in [3.8, 4) is 0 Å². The van der Waals surface area contributed by atoms with E-state index in [0.29, 0.717) is 11.3 Å². The minimum atomic E-state index is -3.94. The van der Waals surface area contributed by atoms with Crippen LogP contribution in [0.1, 0.15) is 18.5 Å². The van der Waals surface area contributed by atoms with Crippen LogP contribution in [0.25, 0.3) is 0 Å². The Morgan fingerprint density at radius 3 is 2.46 bits per heavy atom. The summed E-state index contributed by atoms with van der Waals surface area (Å²) in [6.07, 6.45) is 0. The van der Waals surface area contributed by atoms with Gasteiger partial charge in [0.2, 0.25) is 15.9 Å². The number of nitrogens with one attached hydrogen (secondary N) is 1. The minimum Gasteiger partial charge on any atom is -0.322 e. The van der Waals surface area contributed by atoms with E-state index in [1.807, 2.05) is 6.07 Å². The third-order valence-corrected chi connectivity index (χ3v) is 5.32. The number of hydrogen-bond donors (Lipinski definition) is 2. The van der Waals surface area contributed by atoms with Gasteiger partial charge in [-0.1, -0.05) is 46.3 Å². The molecule has 2 aromatic carbocycles. The van der Waals surface area contributed by atoms with E-state index in [1.165, 1.54) is 23.1 Å². The molecule has 136 valence electrons. The molecule has 26 heavy (non-hydrogen) atoms. The van der Waals surface area contributed by atoms with Gasteiger partial charge >= 0.3 is 0 Å². The molecule has 1 heterocycles. The molecule has 0 spiro atoms. The number of nitrogens with zero attached hydrogens (tertiary/aromatic N) is 1. The van der Waals surface area contributed by atoms with Crippen LogP contribution in [0.4, 0.5) is 11.4 Å². The number of rotatable bonds is 3. The third kappa shape index (κ3) is 3.37. The van der Waals surface area contributed by atoms with Crippen LogP contribution in [0.5, 0.6) is 0 Å². The van der Waals surface area contributed by atoms with Gasteiger partial charge in [-0.25, -0.2) is 13.6 Å². The van der Waals surface area contributed by atoms with Gasteiger partial charge in [0.05, 0.1) is 21.1 Å². The molecule has 2 amide bonds. The Kier molecular flexibility index (Phi) is 4.87. The Balaban J connectivity index is 2.19. The molecule has 0 saturated carbocycles. The first-order valence-electron chi connectivity index (χ1n) is 7.70. The molecule has 0 fully saturated rings. The number of alkyl halides is 1. The largest absolute Gasteiger partial charge is 0.322 e. The lowest BCUT2D eigenvalue weighted by Gasteiger charge is -2.37. The molecule has 0 aliphatic carbocycles. The highest BCUT2D eigenvalue weighted by Gasteiger charge is 2.39. The van der Waals surface area contributed by atoms with E-state index in [0.717, 1.165) is 0 Å². The van der Waals surface area contributed by atoms with Gasteiger partial charge in [-0.15, -0.1) is 0 Å². The van der Waals surface area contributed by atoms with E-state index in [4.69, 9.17) is 5.14 Å². The van der Waals surface area contributed by atoms with Gasteiger partial charge in [0, 0.05) is 0 Å². The highest BCUT2D eigenvalue weighted by atomic mass is 79.9. The Hall–Kier alpha value is -2.23. The second-order valence-electron chi connectivity index (χ2n) is 5.85. The van der Waals surface area contributed by atoms with Crippen LogP contribution in [-0.4, -0.2) is 25.1 Å². The summed E-state index contributed by atoms with van der Waals surface area (Å²) in [5.41, 5.74) is 1.27. The number of amides is 2. The Labute approximate surface area is 159 Å². The van der Waals surface area contributed by atoms with Gasteiger partial charge in [0.15, 0.2) is 0 Å². The second kappa shape index (κ2) is 6.82. The zero-order chi connectivity index (χ0) is 19.1. The van der Waals surface area contributed by atoms with Crippen LogP contribution in [0.15, 0.2) is 53.4 Å². The van der Waals surface area contributed by atoms with E-state index in [-0.39, 0.29) is 16.5 Å². The maximum atomic E-state index is 12.8. The molecule has 9 heteroatoms. The van der Waals surface area contributed by atoms with Crippen molar-refractivity contribution in [2.24, 2.45) is 5.14 Å². The number of anilines is 2. The van der Waals surface area contributed by atoms with Crippen molar-refractivity contribution < 1.29 is 18.0 Å². The van der Waals surface area contributed by atoms with Crippen molar-refractivity contribution in [3.63, 3.8) is 0 Å². The second-order valence-corrected chi connectivity index (χ2v) is 8.79. The van der Waals surface area contributed by atoms with Crippen molar-refractivity contribution in [3.05, 3.63) is 54.1 Å². The average Bonchev–Trinajstić information content (AvgIpc) is 2.59. The number of carbonyl (C=O) groups excluding carboxylic acids is 2. The molecule has 3 N–H and O–H groups in total. The quantitative estimate of drug-likeness (QED) is 0.716. The topological polar surface area (TPSA) is 110 Å². The maximum Gasteiger partial charge on any atom is 0.252 e. The van der Waals surface area contributed by atoms with Crippen LogP contribution in [0.3, 0.4) is 0 Å². The van der Waals surface area contributed by atoms with E-state index in [1.54, 1.807) is 31.2 Å². The number of halogens is 1. The first-order valence-corrected chi connectivity index (χ1v) is 10.2. The zero-order valence-electron chi connectivity index (χ0n) is 13.7. The standard InChI is InChI=1S/C17H16BrN3O4S/c1-10(18)17(23)21-14-8-7-12(26(19,24)25)9-13(14)20-16(22)15(21)11-5-3-2-4-6-11/h2-10,15H,1H3,(H,20,22)(H2,19,24,25). The van der Waals surface area contributed by atoms with E-state index in [2.05, 4.69) is 21.2 Å². The molecule has 1 aliphatic rings. The smallest absolute Gasteiger partial charge is 0.252 e. The summed E-state index contributed by atoms with van der Waals surface area (Å²) >= 11 is 3.25. The summed E-state index contributed by atoms with van der Waals surface area (Å²) in [4.78, 5) is 26.3. The third-order valence-electron chi connectivity index (χ3n) is 4.01. The van der Waals surface area contributed by atoms with Crippen LogP contribution >= 0.6 is 15.9 Å². The van der Waals surface area contributed by atoms with Gasteiger partial charge in [-0.05, 0) is 30.7 Å². The molecule has 7 nitrogen and oxygen atoms in total. The SMILES string of the molecule is CC(Br)C(=O)N1c2ccc(S(N)(=O)=O)cc2NC(=O)C1c1ccccc1. The minimum absolute atomic E-state index is 0.144. The summed E-state index contributed by atoms with van der Waals surface area (Å²) in [7, 11) is -3.94. The summed E-state index contributed by atoms with van der Waals surface area (Å²) in [6.45, 7) is 1.66. The Morgan fingerprint density at radius 1 is 1.23 bits per heavy atom. The number of nitrogens with two attached hydrogens (primary N) is 1. The highest BCUT2D eigenvalue weighted by Crippen LogP contribution is 2.40. The van der Waals surface area contributed by atoms with E-state index in [9.17, 15) is 18.0 Å². The Morgan fingerprint density at radius 2 is 1.88 bits per heavy atom. The van der Waals surface area contributed by atoms with Gasteiger partial charge in [0.1, 0.15) is 6.04 Å². The lowest BCUT2D eigenvalue weighted by molar-refractivity contribution is -0.123. The Bertz CT molecular complexity index is 977. The van der Waals surface area contributed by atoms with E-state index >= 15 is 0 Å². The van der Waals surface area contributed by atoms with E-state index < -0.39 is 26.8 Å². The fourth-order valence-electron chi connectivity index (χ4n) is 2.83. The van der Waals surface area contributed by atoms with Crippen molar-refractivity contribution in [2.45, 2.75) is 22.7 Å². The number of hydrogen-bond acceptors (Lipinski definition) is 4. The molecule has 2 unspecified atom stereocenters. The molecule has 2 aromatic rings. The zero-order valence-corrected chi connectivity index (χ0v) is 16.1. The normalized spacial score (nSPS) is 18.0. The van der Waals surface area contributed by atoms with Crippen molar-refractivity contribution in [1.82, 2.24) is 0 Å². The number of primary sulfonamides is 1. The maximum absolute atomic E-state index is 12.8. The molecular formula is C17H16BrN3O4S. The fourth-order valence-corrected chi connectivity index (χ4v) is 3.59. The molecule has 0 bridgehead atoms. The monoisotopic (exact) mass is 437 g/mol. The predicted molar refractivity (Wildman–Crippen MR) is 102 cm³/mol. The summed E-state index contributed by atoms with van der Waals surface area (Å²) in [5, 5.41) is 7.83. The van der Waals surface area contributed by atoms with Gasteiger partial charge < -0.3 is 5.32 Å². The first-order chi connectivity index (χ1) is 12.2. The van der Waals surface area contributed by atoms with Crippen molar-refractivity contribution in [1.29, 1.82) is 0 Å². The summed E-state index contributed by atoms with van der Waals surface area (Å²) < 4.78 is 23.2. The van der Waals surface area contributed by atoms with Gasteiger partial charge in [0.25, 0.3) is 5.91 Å². The highest BCUT2D eigenvalue weighted by molar-refractivity contribution is 9.10. The summed E-state index contributed by atoms with van der Waals surface area (Å²) in [6, 6.07) is 12.1. The lowest BCUT2D eigenvalue weighted by Crippen LogP contribution is -2.47. The van der Waals surface area contributed by atoms with Crippen LogP contribution in [0.2, 0.25) is 0 Å². The number of benzene rings is 2. The van der Waals surface area contributed by atoms with Crippen molar-refractivity contribution >= 4 is 49.1 Å². The molecule has 2 atom stereocenters. The first kappa shape index (κ1) is 18.6. The van der Waals surface area contributed by atoms with Gasteiger partial charge in [-0.2, -0.15) is 0 Å². The molecule has 3 rings (SSSR count). The molecule has 0 saturated heterocycles. The van der Waals surface area contributed by atoms with Gasteiger partial charge in [-0.3, -0.25) is 14.5 Å².